The third kappa shape index (κ3) is 6.59. The van der Waals surface area contributed by atoms with Gasteiger partial charge in [0.15, 0.2) is 5.96 Å². The topological polar surface area (TPSA) is 58.1 Å². The highest BCUT2D eigenvalue weighted by molar-refractivity contribution is 14.0. The Bertz CT molecular complexity index is 565. The number of nitrogens with zero attached hydrogens (tertiary/aromatic N) is 2. The van der Waals surface area contributed by atoms with Gasteiger partial charge in [0.2, 0.25) is 0 Å². The maximum absolute atomic E-state index is 5.38. The van der Waals surface area contributed by atoms with Crippen molar-refractivity contribution in [3.05, 3.63) is 30.9 Å². The van der Waals surface area contributed by atoms with E-state index in [1.54, 1.807) is 20.3 Å². The van der Waals surface area contributed by atoms with E-state index in [4.69, 9.17) is 9.47 Å². The Kier molecular flexibility index (Phi) is 10.2. The molecule has 1 aromatic carbocycles. The van der Waals surface area contributed by atoms with Gasteiger partial charge in [-0.1, -0.05) is 6.08 Å². The third-order valence-electron chi connectivity index (χ3n) is 4.26. The number of methoxy groups -OCH3 is 2. The summed E-state index contributed by atoms with van der Waals surface area (Å²) in [5.41, 5.74) is 1.14. The molecule has 0 radical (unpaired) electrons. The van der Waals surface area contributed by atoms with Gasteiger partial charge in [-0.05, 0) is 19.8 Å². The zero-order valence-corrected chi connectivity index (χ0v) is 18.3. The highest BCUT2D eigenvalue weighted by Crippen LogP contribution is 2.30. The number of anilines is 1. The molecule has 0 saturated carbocycles. The van der Waals surface area contributed by atoms with Gasteiger partial charge in [-0.3, -0.25) is 0 Å². The quantitative estimate of drug-likeness (QED) is 0.276. The second-order valence-corrected chi connectivity index (χ2v) is 5.98. The lowest BCUT2D eigenvalue weighted by Crippen LogP contribution is -2.48. The molecule has 6 nitrogen and oxygen atoms in total. The number of benzene rings is 1. The number of piperidine rings is 1. The fourth-order valence-electron chi connectivity index (χ4n) is 2.93. The van der Waals surface area contributed by atoms with Crippen LogP contribution < -0.4 is 25.0 Å². The molecule has 0 atom stereocenters. The molecule has 0 amide bonds. The van der Waals surface area contributed by atoms with Gasteiger partial charge >= 0.3 is 0 Å². The Balaban J connectivity index is 0.00000338. The van der Waals surface area contributed by atoms with Gasteiger partial charge in [0.25, 0.3) is 0 Å². The van der Waals surface area contributed by atoms with Crippen LogP contribution in [0.1, 0.15) is 19.8 Å². The summed E-state index contributed by atoms with van der Waals surface area (Å²) < 4.78 is 10.8. The molecule has 7 heteroatoms. The average Bonchev–Trinajstić information content (AvgIpc) is 2.66. The van der Waals surface area contributed by atoms with Crippen molar-refractivity contribution in [2.45, 2.75) is 25.8 Å². The highest BCUT2D eigenvalue weighted by atomic mass is 127. The van der Waals surface area contributed by atoms with Crippen LogP contribution in [0, 0.1) is 0 Å². The third-order valence-corrected chi connectivity index (χ3v) is 4.26. The highest BCUT2D eigenvalue weighted by Gasteiger charge is 2.21. The lowest BCUT2D eigenvalue weighted by molar-refractivity contribution is 0.393. The van der Waals surface area contributed by atoms with E-state index in [9.17, 15) is 0 Å². The largest absolute Gasteiger partial charge is 0.497 e. The Morgan fingerprint density at radius 3 is 2.35 bits per heavy atom. The first-order valence-electron chi connectivity index (χ1n) is 8.84. The van der Waals surface area contributed by atoms with E-state index in [0.717, 1.165) is 55.6 Å². The number of hydrogen-bond donors (Lipinski definition) is 2. The van der Waals surface area contributed by atoms with Crippen LogP contribution in [0.15, 0.2) is 35.8 Å². The number of halogens is 1. The molecule has 2 rings (SSSR count). The lowest BCUT2D eigenvalue weighted by atomic mass is 10.0. The van der Waals surface area contributed by atoms with Crippen LogP contribution in [0.4, 0.5) is 5.69 Å². The molecule has 0 unspecified atom stereocenters. The van der Waals surface area contributed by atoms with Crippen molar-refractivity contribution in [3.63, 3.8) is 0 Å². The number of hydrogen-bond acceptors (Lipinski definition) is 4. The average molecular weight is 474 g/mol. The Labute approximate surface area is 174 Å². The van der Waals surface area contributed by atoms with Crippen molar-refractivity contribution in [1.29, 1.82) is 0 Å². The molecule has 0 spiro atoms. The van der Waals surface area contributed by atoms with Crippen LogP contribution >= 0.6 is 24.0 Å². The lowest BCUT2D eigenvalue weighted by Gasteiger charge is -2.34. The van der Waals surface area contributed by atoms with Gasteiger partial charge in [0, 0.05) is 49.6 Å². The zero-order valence-electron chi connectivity index (χ0n) is 16.0. The summed E-state index contributed by atoms with van der Waals surface area (Å²) in [5.74, 6) is 2.50. The molecule has 1 aliphatic rings. The van der Waals surface area contributed by atoms with Gasteiger partial charge in [0.05, 0.1) is 20.8 Å². The maximum atomic E-state index is 5.38. The predicted molar refractivity (Wildman–Crippen MR) is 120 cm³/mol. The fraction of sp³-hybridized carbons (Fsp3) is 0.526. The molecule has 1 heterocycles. The second-order valence-electron chi connectivity index (χ2n) is 5.98. The van der Waals surface area contributed by atoms with Crippen LogP contribution in [-0.2, 0) is 0 Å². The molecule has 1 saturated heterocycles. The summed E-state index contributed by atoms with van der Waals surface area (Å²) in [4.78, 5) is 6.85. The predicted octanol–water partition coefficient (Wildman–Crippen LogP) is 3.03. The fourth-order valence-corrected chi connectivity index (χ4v) is 2.93. The van der Waals surface area contributed by atoms with Crippen LogP contribution in [0.5, 0.6) is 11.5 Å². The van der Waals surface area contributed by atoms with Crippen LogP contribution in [0.3, 0.4) is 0 Å². The molecule has 1 aromatic rings. The smallest absolute Gasteiger partial charge is 0.191 e. The maximum Gasteiger partial charge on any atom is 0.191 e. The van der Waals surface area contributed by atoms with E-state index < -0.39 is 0 Å². The summed E-state index contributed by atoms with van der Waals surface area (Å²) in [5, 5.41) is 6.81. The van der Waals surface area contributed by atoms with E-state index in [2.05, 4.69) is 46.2 Å². The molecule has 26 heavy (non-hydrogen) atoms. The van der Waals surface area contributed by atoms with Crippen molar-refractivity contribution in [2.75, 3.05) is 45.3 Å². The minimum absolute atomic E-state index is 0. The first-order valence-corrected chi connectivity index (χ1v) is 8.84. The zero-order chi connectivity index (χ0) is 18.1. The standard InChI is InChI=1S/C19H30N4O2.HI/c1-5-9-21-19(20-6-2)22-15-7-10-23(11-8-15)16-12-17(24-3)14-18(13-16)25-4;/h5,12-15H,1,6-11H2,2-4H3,(H2,20,21,22);1H. The summed E-state index contributed by atoms with van der Waals surface area (Å²) in [6.45, 7) is 9.23. The molecule has 146 valence electrons. The minimum Gasteiger partial charge on any atom is -0.497 e. The molecule has 1 aliphatic heterocycles. The molecular weight excluding hydrogens is 443 g/mol. The minimum atomic E-state index is 0. The molecule has 2 N–H and O–H groups in total. The number of nitrogens with one attached hydrogen (secondary N) is 2. The van der Waals surface area contributed by atoms with E-state index in [1.165, 1.54) is 0 Å². The van der Waals surface area contributed by atoms with Crippen LogP contribution in [0.25, 0.3) is 0 Å². The van der Waals surface area contributed by atoms with E-state index >= 15 is 0 Å². The normalized spacial score (nSPS) is 15.0. The van der Waals surface area contributed by atoms with Crippen LogP contribution in [0.2, 0.25) is 0 Å². The number of ether oxygens (including phenoxy) is 2. The van der Waals surface area contributed by atoms with Crippen molar-refractivity contribution in [3.8, 4) is 11.5 Å². The summed E-state index contributed by atoms with van der Waals surface area (Å²) >= 11 is 0. The van der Waals surface area contributed by atoms with Gasteiger partial charge in [-0.25, -0.2) is 4.99 Å². The van der Waals surface area contributed by atoms with Gasteiger partial charge < -0.3 is 25.0 Å². The molecule has 1 fully saturated rings. The number of aliphatic imine (C=N–C) groups is 1. The Morgan fingerprint density at radius 2 is 1.85 bits per heavy atom. The molecular formula is C19H31IN4O2. The van der Waals surface area contributed by atoms with Crippen molar-refractivity contribution in [1.82, 2.24) is 10.6 Å². The first-order chi connectivity index (χ1) is 12.2. The van der Waals surface area contributed by atoms with E-state index in [1.807, 2.05) is 6.07 Å². The second kappa shape index (κ2) is 11.9. The van der Waals surface area contributed by atoms with Crippen molar-refractivity contribution < 1.29 is 9.47 Å². The van der Waals surface area contributed by atoms with Crippen LogP contribution in [-0.4, -0.2) is 52.4 Å². The monoisotopic (exact) mass is 474 g/mol. The van der Waals surface area contributed by atoms with Gasteiger partial charge in [-0.2, -0.15) is 0 Å². The molecule has 0 aliphatic carbocycles. The van der Waals surface area contributed by atoms with Gasteiger partial charge in [-0.15, -0.1) is 30.6 Å². The first kappa shape index (κ1) is 22.4. The Hall–Kier alpha value is -1.64. The number of guanidine groups is 1. The summed E-state index contributed by atoms with van der Waals surface area (Å²) in [6.07, 6.45) is 3.91. The Morgan fingerprint density at radius 1 is 1.23 bits per heavy atom. The van der Waals surface area contributed by atoms with Gasteiger partial charge in [0.1, 0.15) is 11.5 Å². The van der Waals surface area contributed by atoms with Crippen molar-refractivity contribution >= 4 is 35.6 Å². The van der Waals surface area contributed by atoms with E-state index in [-0.39, 0.29) is 24.0 Å². The van der Waals surface area contributed by atoms with Crippen molar-refractivity contribution in [2.24, 2.45) is 4.99 Å². The summed E-state index contributed by atoms with van der Waals surface area (Å²) in [6, 6.07) is 6.44. The van der Waals surface area contributed by atoms with E-state index in [0.29, 0.717) is 12.6 Å². The molecule has 0 aromatic heterocycles. The molecule has 0 bridgehead atoms. The number of rotatable bonds is 7. The summed E-state index contributed by atoms with van der Waals surface area (Å²) in [7, 11) is 3.36. The SMILES string of the molecule is C=CCN=C(NCC)NC1CCN(c2cc(OC)cc(OC)c2)CC1.I.